The summed E-state index contributed by atoms with van der Waals surface area (Å²) >= 11 is 0. The van der Waals surface area contributed by atoms with Crippen molar-refractivity contribution in [2.75, 3.05) is 0 Å². The Hall–Kier alpha value is -1.64. The monoisotopic (exact) mass is 282 g/mol. The lowest BCUT2D eigenvalue weighted by Crippen LogP contribution is -2.41. The Morgan fingerprint density at radius 3 is 2.10 bits per heavy atom. The molecule has 0 saturated carbocycles. The van der Waals surface area contributed by atoms with E-state index in [0.29, 0.717) is 5.92 Å². The highest BCUT2D eigenvalue weighted by molar-refractivity contribution is 5.35. The standard InChI is InChI=1S/C19H26N2/c1-4-17(16-11-6-5-7-12-16)19(21-20)13-18-14(2)9-8-10-15(18)3/h5-12,17,19,21H,4,13,20H2,1-3H3. The predicted octanol–water partition coefficient (Wildman–Crippen LogP) is 3.87. The molecule has 2 aromatic rings. The van der Waals surface area contributed by atoms with Gasteiger partial charge in [0.25, 0.3) is 0 Å². The molecule has 0 amide bonds. The molecule has 21 heavy (non-hydrogen) atoms. The van der Waals surface area contributed by atoms with Gasteiger partial charge in [-0.1, -0.05) is 55.5 Å². The van der Waals surface area contributed by atoms with E-state index in [2.05, 4.69) is 74.7 Å². The van der Waals surface area contributed by atoms with Gasteiger partial charge in [-0.15, -0.1) is 0 Å². The van der Waals surface area contributed by atoms with E-state index in [1.54, 1.807) is 0 Å². The lowest BCUT2D eigenvalue weighted by atomic mass is 9.84. The molecule has 0 saturated heterocycles. The van der Waals surface area contributed by atoms with Crippen LogP contribution < -0.4 is 11.3 Å². The van der Waals surface area contributed by atoms with Crippen LogP contribution in [0, 0.1) is 13.8 Å². The van der Waals surface area contributed by atoms with Gasteiger partial charge in [-0.05, 0) is 48.9 Å². The summed E-state index contributed by atoms with van der Waals surface area (Å²) in [7, 11) is 0. The second-order valence-corrected chi connectivity index (χ2v) is 5.77. The van der Waals surface area contributed by atoms with Crippen LogP contribution in [0.4, 0.5) is 0 Å². The average molecular weight is 282 g/mol. The molecule has 0 fully saturated rings. The van der Waals surface area contributed by atoms with Gasteiger partial charge in [-0.25, -0.2) is 0 Å². The minimum Gasteiger partial charge on any atom is -0.271 e. The molecule has 0 aliphatic heterocycles. The summed E-state index contributed by atoms with van der Waals surface area (Å²) in [6.07, 6.45) is 2.03. The first-order valence-electron chi connectivity index (χ1n) is 7.73. The van der Waals surface area contributed by atoms with E-state index in [1.165, 1.54) is 22.3 Å². The van der Waals surface area contributed by atoms with Crippen LogP contribution in [0.25, 0.3) is 0 Å². The van der Waals surface area contributed by atoms with Gasteiger partial charge in [0, 0.05) is 12.0 Å². The number of rotatable bonds is 6. The van der Waals surface area contributed by atoms with Crippen molar-refractivity contribution < 1.29 is 0 Å². The summed E-state index contributed by atoms with van der Waals surface area (Å²) in [4.78, 5) is 0. The normalized spacial score (nSPS) is 13.9. The van der Waals surface area contributed by atoms with Gasteiger partial charge in [0.05, 0.1) is 0 Å². The molecule has 2 heteroatoms. The molecule has 0 heterocycles. The van der Waals surface area contributed by atoms with Crippen molar-refractivity contribution in [2.24, 2.45) is 5.84 Å². The largest absolute Gasteiger partial charge is 0.271 e. The minimum atomic E-state index is 0.247. The van der Waals surface area contributed by atoms with Crippen LogP contribution in [-0.2, 0) is 6.42 Å². The van der Waals surface area contributed by atoms with Crippen LogP contribution in [-0.4, -0.2) is 6.04 Å². The third-order valence-electron chi connectivity index (χ3n) is 4.44. The van der Waals surface area contributed by atoms with Crippen molar-refractivity contribution >= 4 is 0 Å². The molecule has 2 rings (SSSR count). The van der Waals surface area contributed by atoms with E-state index in [-0.39, 0.29) is 6.04 Å². The third-order valence-corrected chi connectivity index (χ3v) is 4.44. The number of benzene rings is 2. The van der Waals surface area contributed by atoms with Crippen molar-refractivity contribution in [2.45, 2.75) is 45.6 Å². The van der Waals surface area contributed by atoms with E-state index in [4.69, 9.17) is 5.84 Å². The van der Waals surface area contributed by atoms with Gasteiger partial charge in [-0.2, -0.15) is 0 Å². The zero-order valence-corrected chi connectivity index (χ0v) is 13.3. The molecule has 0 aliphatic carbocycles. The van der Waals surface area contributed by atoms with Crippen LogP contribution in [0.5, 0.6) is 0 Å². The molecule has 0 aromatic heterocycles. The highest BCUT2D eigenvalue weighted by atomic mass is 15.2. The Labute approximate surface area is 128 Å². The van der Waals surface area contributed by atoms with E-state index >= 15 is 0 Å². The first-order chi connectivity index (χ1) is 10.2. The number of aryl methyl sites for hydroxylation is 2. The summed E-state index contributed by atoms with van der Waals surface area (Å²) in [6, 6.07) is 17.4. The van der Waals surface area contributed by atoms with Crippen LogP contribution in [0.2, 0.25) is 0 Å². The van der Waals surface area contributed by atoms with Gasteiger partial charge in [0.1, 0.15) is 0 Å². The molecular weight excluding hydrogens is 256 g/mol. The van der Waals surface area contributed by atoms with Crippen molar-refractivity contribution in [1.29, 1.82) is 0 Å². The molecule has 2 atom stereocenters. The quantitative estimate of drug-likeness (QED) is 0.623. The second kappa shape index (κ2) is 7.39. The van der Waals surface area contributed by atoms with Gasteiger partial charge >= 0.3 is 0 Å². The number of nitrogens with two attached hydrogens (primary N) is 1. The van der Waals surface area contributed by atoms with Crippen LogP contribution in [0.1, 0.15) is 41.5 Å². The molecule has 3 N–H and O–H groups in total. The zero-order chi connectivity index (χ0) is 15.2. The predicted molar refractivity (Wildman–Crippen MR) is 90.2 cm³/mol. The van der Waals surface area contributed by atoms with Crippen LogP contribution in [0.15, 0.2) is 48.5 Å². The van der Waals surface area contributed by atoms with Gasteiger partial charge in [-0.3, -0.25) is 11.3 Å². The summed E-state index contributed by atoms with van der Waals surface area (Å²) < 4.78 is 0. The van der Waals surface area contributed by atoms with Gasteiger partial charge < -0.3 is 0 Å². The van der Waals surface area contributed by atoms with Crippen molar-refractivity contribution in [3.05, 3.63) is 70.8 Å². The Morgan fingerprint density at radius 2 is 1.57 bits per heavy atom. The molecule has 2 nitrogen and oxygen atoms in total. The van der Waals surface area contributed by atoms with E-state index in [1.807, 2.05) is 0 Å². The molecule has 0 bridgehead atoms. The average Bonchev–Trinajstić information content (AvgIpc) is 2.51. The van der Waals surface area contributed by atoms with Gasteiger partial charge in [0.15, 0.2) is 0 Å². The lowest BCUT2D eigenvalue weighted by Gasteiger charge is -2.27. The molecule has 112 valence electrons. The fraction of sp³-hybridized carbons (Fsp3) is 0.368. The Kier molecular flexibility index (Phi) is 5.54. The Balaban J connectivity index is 2.26. The maximum Gasteiger partial charge on any atom is 0.0319 e. The van der Waals surface area contributed by atoms with Gasteiger partial charge in [0.2, 0.25) is 0 Å². The maximum absolute atomic E-state index is 5.88. The lowest BCUT2D eigenvalue weighted by molar-refractivity contribution is 0.426. The highest BCUT2D eigenvalue weighted by Gasteiger charge is 2.22. The second-order valence-electron chi connectivity index (χ2n) is 5.77. The van der Waals surface area contributed by atoms with E-state index in [9.17, 15) is 0 Å². The topological polar surface area (TPSA) is 38.0 Å². The fourth-order valence-electron chi connectivity index (χ4n) is 3.16. The third kappa shape index (κ3) is 3.72. The summed E-state index contributed by atoms with van der Waals surface area (Å²) in [5, 5.41) is 0. The number of hydrazine groups is 1. The van der Waals surface area contributed by atoms with Crippen molar-refractivity contribution in [3.8, 4) is 0 Å². The van der Waals surface area contributed by atoms with Crippen molar-refractivity contribution in [3.63, 3.8) is 0 Å². The number of hydrogen-bond donors (Lipinski definition) is 2. The Bertz CT molecular complexity index is 543. The first kappa shape index (κ1) is 15.7. The summed E-state index contributed by atoms with van der Waals surface area (Å²) in [6.45, 7) is 6.59. The molecule has 0 aliphatic rings. The molecule has 0 spiro atoms. The maximum atomic E-state index is 5.88. The summed E-state index contributed by atoms with van der Waals surface area (Å²) in [5.41, 5.74) is 8.51. The molecule has 0 radical (unpaired) electrons. The first-order valence-corrected chi connectivity index (χ1v) is 7.73. The van der Waals surface area contributed by atoms with Crippen LogP contribution in [0.3, 0.4) is 0 Å². The number of hydrogen-bond acceptors (Lipinski definition) is 2. The molecule has 2 unspecified atom stereocenters. The molecule has 2 aromatic carbocycles. The van der Waals surface area contributed by atoms with Crippen molar-refractivity contribution in [1.82, 2.24) is 5.43 Å². The Morgan fingerprint density at radius 1 is 0.952 bits per heavy atom. The van der Waals surface area contributed by atoms with E-state index in [0.717, 1.165) is 12.8 Å². The summed E-state index contributed by atoms with van der Waals surface area (Å²) in [5.74, 6) is 6.31. The zero-order valence-electron chi connectivity index (χ0n) is 13.3. The fourth-order valence-corrected chi connectivity index (χ4v) is 3.16. The van der Waals surface area contributed by atoms with E-state index < -0.39 is 0 Å². The SMILES string of the molecule is CCC(c1ccccc1)C(Cc1c(C)cccc1C)NN. The molecular formula is C19H26N2. The minimum absolute atomic E-state index is 0.247. The smallest absolute Gasteiger partial charge is 0.0319 e. The number of nitrogens with one attached hydrogen (secondary N) is 1. The van der Waals surface area contributed by atoms with Crippen LogP contribution >= 0.6 is 0 Å². The highest BCUT2D eigenvalue weighted by Crippen LogP contribution is 2.27.